The summed E-state index contributed by atoms with van der Waals surface area (Å²) in [5.74, 6) is 1.87. The van der Waals surface area contributed by atoms with Crippen molar-refractivity contribution in [1.82, 2.24) is 14.9 Å². The largest absolute Gasteiger partial charge is 0.324 e. The molecule has 108 valence electrons. The van der Waals surface area contributed by atoms with Gasteiger partial charge in [0.05, 0.1) is 17.1 Å². The first-order valence-corrected chi connectivity index (χ1v) is 7.80. The third-order valence-electron chi connectivity index (χ3n) is 4.44. The molecule has 20 heavy (non-hydrogen) atoms. The monoisotopic (exact) mass is 271 g/mol. The van der Waals surface area contributed by atoms with Gasteiger partial charge in [-0.3, -0.25) is 0 Å². The van der Waals surface area contributed by atoms with Crippen LogP contribution in [0, 0.1) is 12.8 Å². The second-order valence-electron chi connectivity index (χ2n) is 6.48. The molecule has 3 nitrogen and oxygen atoms in total. The van der Waals surface area contributed by atoms with Gasteiger partial charge < -0.3 is 9.88 Å². The highest BCUT2D eigenvalue weighted by molar-refractivity contribution is 5.77. The first-order chi connectivity index (χ1) is 9.58. The van der Waals surface area contributed by atoms with Gasteiger partial charge in [-0.15, -0.1) is 0 Å². The average Bonchev–Trinajstić information content (AvgIpc) is 2.77. The van der Waals surface area contributed by atoms with Crippen LogP contribution in [0.5, 0.6) is 0 Å². The van der Waals surface area contributed by atoms with E-state index in [4.69, 9.17) is 4.98 Å². The maximum absolute atomic E-state index is 4.97. The highest BCUT2D eigenvalue weighted by Crippen LogP contribution is 2.32. The Bertz CT molecular complexity index is 612. The van der Waals surface area contributed by atoms with Crippen LogP contribution in [0.4, 0.5) is 0 Å². The molecule has 2 heterocycles. The Morgan fingerprint density at radius 1 is 1.35 bits per heavy atom. The minimum Gasteiger partial charge on any atom is -0.324 e. The van der Waals surface area contributed by atoms with Gasteiger partial charge in [0.2, 0.25) is 0 Å². The van der Waals surface area contributed by atoms with E-state index in [1.54, 1.807) is 0 Å². The van der Waals surface area contributed by atoms with E-state index < -0.39 is 0 Å². The second kappa shape index (κ2) is 5.21. The van der Waals surface area contributed by atoms with Crippen molar-refractivity contribution in [3.8, 4) is 0 Å². The quantitative estimate of drug-likeness (QED) is 0.895. The Labute approximate surface area is 121 Å². The van der Waals surface area contributed by atoms with Crippen molar-refractivity contribution in [2.45, 2.75) is 52.6 Å². The van der Waals surface area contributed by atoms with Gasteiger partial charge in [0.15, 0.2) is 0 Å². The topological polar surface area (TPSA) is 29.9 Å². The van der Waals surface area contributed by atoms with Crippen LogP contribution in [0.2, 0.25) is 0 Å². The fourth-order valence-electron chi connectivity index (χ4n) is 3.38. The molecule has 2 atom stereocenters. The summed E-state index contributed by atoms with van der Waals surface area (Å²) in [7, 11) is 0. The van der Waals surface area contributed by atoms with Crippen LogP contribution in [-0.2, 0) is 0 Å². The molecule has 3 rings (SSSR count). The SMILES string of the molecule is Cc1ccc2c(c1)nc(C1NCCCC1C)n2C(C)C. The summed E-state index contributed by atoms with van der Waals surface area (Å²) in [4.78, 5) is 4.97. The zero-order valence-electron chi connectivity index (χ0n) is 13.0. The fraction of sp³-hybridized carbons (Fsp3) is 0.588. The molecule has 0 bridgehead atoms. The van der Waals surface area contributed by atoms with Gasteiger partial charge in [-0.1, -0.05) is 13.0 Å². The number of hydrogen-bond acceptors (Lipinski definition) is 2. The van der Waals surface area contributed by atoms with Gasteiger partial charge in [0, 0.05) is 6.04 Å². The predicted molar refractivity (Wildman–Crippen MR) is 84.0 cm³/mol. The Morgan fingerprint density at radius 3 is 2.85 bits per heavy atom. The molecule has 1 fully saturated rings. The third kappa shape index (κ3) is 2.24. The lowest BCUT2D eigenvalue weighted by Gasteiger charge is -2.30. The van der Waals surface area contributed by atoms with Crippen LogP contribution in [0.1, 0.15) is 57.1 Å². The summed E-state index contributed by atoms with van der Waals surface area (Å²) in [6.45, 7) is 10.1. The molecule has 2 aromatic rings. The van der Waals surface area contributed by atoms with Gasteiger partial charge in [-0.05, 0) is 63.8 Å². The van der Waals surface area contributed by atoms with Gasteiger partial charge in [-0.2, -0.15) is 0 Å². The van der Waals surface area contributed by atoms with Crippen LogP contribution >= 0.6 is 0 Å². The first kappa shape index (κ1) is 13.6. The number of nitrogens with one attached hydrogen (secondary N) is 1. The van der Waals surface area contributed by atoms with Gasteiger partial charge in [-0.25, -0.2) is 4.98 Å². The van der Waals surface area contributed by atoms with Gasteiger partial charge in [0.25, 0.3) is 0 Å². The molecule has 2 unspecified atom stereocenters. The molecule has 1 aliphatic rings. The number of aryl methyl sites for hydroxylation is 1. The zero-order chi connectivity index (χ0) is 14.3. The summed E-state index contributed by atoms with van der Waals surface area (Å²) in [6.07, 6.45) is 2.57. The highest BCUT2D eigenvalue weighted by atomic mass is 15.1. The molecule has 0 spiro atoms. The number of fused-ring (bicyclic) bond motifs is 1. The maximum atomic E-state index is 4.97. The summed E-state index contributed by atoms with van der Waals surface area (Å²) in [6, 6.07) is 7.43. The van der Waals surface area contributed by atoms with Crippen LogP contribution in [-0.4, -0.2) is 16.1 Å². The first-order valence-electron chi connectivity index (χ1n) is 7.80. The predicted octanol–water partition coefficient (Wildman–Crippen LogP) is 3.99. The van der Waals surface area contributed by atoms with Crippen LogP contribution in [0.3, 0.4) is 0 Å². The molecule has 1 aromatic heterocycles. The summed E-state index contributed by atoms with van der Waals surface area (Å²) in [5.41, 5.74) is 3.68. The molecule has 1 saturated heterocycles. The Kier molecular flexibility index (Phi) is 3.55. The van der Waals surface area contributed by atoms with Crippen LogP contribution in [0.25, 0.3) is 11.0 Å². The van der Waals surface area contributed by atoms with Crippen molar-refractivity contribution in [1.29, 1.82) is 0 Å². The number of benzene rings is 1. The zero-order valence-corrected chi connectivity index (χ0v) is 13.0. The second-order valence-corrected chi connectivity index (χ2v) is 6.48. The molecule has 1 N–H and O–H groups in total. The maximum Gasteiger partial charge on any atom is 0.127 e. The van der Waals surface area contributed by atoms with Gasteiger partial charge in [0.1, 0.15) is 5.82 Å². The van der Waals surface area contributed by atoms with Crippen molar-refractivity contribution in [2.24, 2.45) is 5.92 Å². The molecule has 3 heteroatoms. The Morgan fingerprint density at radius 2 is 2.15 bits per heavy atom. The lowest BCUT2D eigenvalue weighted by molar-refractivity contribution is 0.286. The molecular weight excluding hydrogens is 246 g/mol. The van der Waals surface area contributed by atoms with E-state index in [2.05, 4.69) is 55.8 Å². The van der Waals surface area contributed by atoms with E-state index in [1.165, 1.54) is 29.7 Å². The summed E-state index contributed by atoms with van der Waals surface area (Å²) in [5, 5.41) is 3.67. The highest BCUT2D eigenvalue weighted by Gasteiger charge is 2.28. The van der Waals surface area contributed by atoms with Crippen molar-refractivity contribution in [3.05, 3.63) is 29.6 Å². The van der Waals surface area contributed by atoms with Crippen molar-refractivity contribution < 1.29 is 0 Å². The molecular formula is C17H25N3. The summed E-state index contributed by atoms with van der Waals surface area (Å²) >= 11 is 0. The van der Waals surface area contributed by atoms with E-state index >= 15 is 0 Å². The smallest absolute Gasteiger partial charge is 0.127 e. The van der Waals surface area contributed by atoms with Crippen LogP contribution in [0.15, 0.2) is 18.2 Å². The molecule has 1 aromatic carbocycles. The van der Waals surface area contributed by atoms with E-state index in [0.29, 0.717) is 18.0 Å². The standard InChI is InChI=1S/C17H25N3/c1-11(2)20-15-8-7-12(3)10-14(15)19-17(20)16-13(4)6-5-9-18-16/h7-8,10-11,13,16,18H,5-6,9H2,1-4H3. The van der Waals surface area contributed by atoms with Crippen LogP contribution < -0.4 is 5.32 Å². The number of aromatic nitrogens is 2. The fourth-order valence-corrected chi connectivity index (χ4v) is 3.38. The minimum atomic E-state index is 0.388. The average molecular weight is 271 g/mol. The van der Waals surface area contributed by atoms with Crippen molar-refractivity contribution in [3.63, 3.8) is 0 Å². The number of hydrogen-bond donors (Lipinski definition) is 1. The Balaban J connectivity index is 2.15. The molecule has 0 amide bonds. The molecule has 0 saturated carbocycles. The lowest BCUT2D eigenvalue weighted by Crippen LogP contribution is -2.35. The number of piperidine rings is 1. The number of nitrogens with zero attached hydrogens (tertiary/aromatic N) is 2. The molecule has 0 radical (unpaired) electrons. The van der Waals surface area contributed by atoms with E-state index in [0.717, 1.165) is 12.1 Å². The normalized spacial score (nSPS) is 23.6. The molecule has 1 aliphatic heterocycles. The van der Waals surface area contributed by atoms with Crippen molar-refractivity contribution >= 4 is 11.0 Å². The van der Waals surface area contributed by atoms with E-state index in [1.807, 2.05) is 0 Å². The third-order valence-corrected chi connectivity index (χ3v) is 4.44. The number of imidazole rings is 1. The van der Waals surface area contributed by atoms with Crippen molar-refractivity contribution in [2.75, 3.05) is 6.54 Å². The van der Waals surface area contributed by atoms with Gasteiger partial charge >= 0.3 is 0 Å². The van der Waals surface area contributed by atoms with E-state index in [-0.39, 0.29) is 0 Å². The summed E-state index contributed by atoms with van der Waals surface area (Å²) < 4.78 is 2.41. The molecule has 0 aliphatic carbocycles. The Hall–Kier alpha value is -1.35. The minimum absolute atomic E-state index is 0.388. The number of rotatable bonds is 2. The van der Waals surface area contributed by atoms with E-state index in [9.17, 15) is 0 Å². The lowest BCUT2D eigenvalue weighted by atomic mass is 9.92.